The molecule has 0 saturated carbocycles. The minimum absolute atomic E-state index is 0.200. The molecule has 1 heterocycles. The number of rotatable bonds is 10. The third kappa shape index (κ3) is 6.79. The van der Waals surface area contributed by atoms with Gasteiger partial charge in [0.25, 0.3) is 0 Å². The summed E-state index contributed by atoms with van der Waals surface area (Å²) in [5.41, 5.74) is 5.01. The van der Waals surface area contributed by atoms with Crippen LogP contribution in [-0.4, -0.2) is 34.8 Å². The van der Waals surface area contributed by atoms with Crippen molar-refractivity contribution < 1.29 is 4.79 Å². The molecule has 1 atom stereocenters. The average molecular weight is 503 g/mol. The van der Waals surface area contributed by atoms with Gasteiger partial charge in [-0.2, -0.15) is 0 Å². The highest BCUT2D eigenvalue weighted by Gasteiger charge is 2.36. The number of aryl methyl sites for hydroxylation is 2. The molecule has 3 nitrogen and oxygen atoms in total. The van der Waals surface area contributed by atoms with E-state index in [1.807, 2.05) is 6.07 Å². The zero-order valence-corrected chi connectivity index (χ0v) is 22.2. The fraction of sp³-hybridized carbons (Fsp3) is 0.286. The van der Waals surface area contributed by atoms with Crippen LogP contribution in [0.2, 0.25) is 0 Å². The molecule has 194 valence electrons. The molecule has 4 aromatic rings. The van der Waals surface area contributed by atoms with Crippen LogP contribution in [-0.2, 0) is 24.2 Å². The van der Waals surface area contributed by atoms with Crippen LogP contribution < -0.4 is 0 Å². The van der Waals surface area contributed by atoms with Gasteiger partial charge < -0.3 is 4.90 Å². The Bertz CT molecular complexity index is 1200. The number of hydrogen-bond acceptors (Lipinski definition) is 2. The van der Waals surface area contributed by atoms with Crippen LogP contribution in [0.15, 0.2) is 121 Å². The smallest absolute Gasteiger partial charge is 0.244 e. The third-order valence-electron chi connectivity index (χ3n) is 7.73. The Kier molecular flexibility index (Phi) is 9.02. The highest BCUT2D eigenvalue weighted by atomic mass is 16.2. The van der Waals surface area contributed by atoms with E-state index < -0.39 is 0 Å². The molecule has 1 fully saturated rings. The van der Waals surface area contributed by atoms with Crippen molar-refractivity contribution in [1.29, 1.82) is 0 Å². The zero-order valence-electron chi connectivity index (χ0n) is 22.2. The second-order valence-corrected chi connectivity index (χ2v) is 10.4. The molecule has 3 heteroatoms. The molecule has 1 amide bonds. The summed E-state index contributed by atoms with van der Waals surface area (Å²) in [5, 5.41) is 0. The molecular weight excluding hydrogens is 464 g/mol. The number of hydrogen-bond donors (Lipinski definition) is 0. The van der Waals surface area contributed by atoms with Crippen LogP contribution in [0.1, 0.15) is 47.6 Å². The Labute approximate surface area is 227 Å². The minimum atomic E-state index is -0.269. The first kappa shape index (κ1) is 25.9. The molecule has 1 aliphatic heterocycles. The van der Waals surface area contributed by atoms with Crippen LogP contribution in [0, 0.1) is 0 Å². The van der Waals surface area contributed by atoms with E-state index in [4.69, 9.17) is 0 Å². The molecule has 38 heavy (non-hydrogen) atoms. The van der Waals surface area contributed by atoms with Gasteiger partial charge in [0.1, 0.15) is 6.04 Å². The van der Waals surface area contributed by atoms with E-state index in [0.29, 0.717) is 0 Å². The summed E-state index contributed by atoms with van der Waals surface area (Å²) in [4.78, 5) is 19.1. The fourth-order valence-electron chi connectivity index (χ4n) is 5.75. The van der Waals surface area contributed by atoms with Gasteiger partial charge in [-0.25, -0.2) is 0 Å². The number of carbonyl (C=O) groups is 1. The first-order valence-corrected chi connectivity index (χ1v) is 14.0. The first-order valence-electron chi connectivity index (χ1n) is 14.0. The van der Waals surface area contributed by atoms with Crippen LogP contribution in [0.25, 0.3) is 0 Å². The Morgan fingerprint density at radius 1 is 0.605 bits per heavy atom. The van der Waals surface area contributed by atoms with Crippen molar-refractivity contribution in [1.82, 2.24) is 9.80 Å². The van der Waals surface area contributed by atoms with Gasteiger partial charge in [-0.1, -0.05) is 121 Å². The fourth-order valence-corrected chi connectivity index (χ4v) is 5.75. The van der Waals surface area contributed by atoms with Gasteiger partial charge in [0.2, 0.25) is 5.91 Å². The van der Waals surface area contributed by atoms with E-state index in [1.165, 1.54) is 16.7 Å². The monoisotopic (exact) mass is 502 g/mol. The third-order valence-corrected chi connectivity index (χ3v) is 7.73. The highest BCUT2D eigenvalue weighted by Crippen LogP contribution is 2.31. The lowest BCUT2D eigenvalue weighted by Gasteiger charge is -2.35. The summed E-state index contributed by atoms with van der Waals surface area (Å²) in [6.45, 7) is 2.49. The normalized spacial score (nSPS) is 16.5. The number of nitrogens with zero attached hydrogens (tertiary/aromatic N) is 2. The molecule has 0 spiro atoms. The van der Waals surface area contributed by atoms with Crippen molar-refractivity contribution in [2.24, 2.45) is 0 Å². The topological polar surface area (TPSA) is 23.6 Å². The number of amides is 1. The maximum Gasteiger partial charge on any atom is 0.244 e. The van der Waals surface area contributed by atoms with Crippen LogP contribution in [0.3, 0.4) is 0 Å². The van der Waals surface area contributed by atoms with Crippen molar-refractivity contribution in [3.63, 3.8) is 0 Å². The second-order valence-electron chi connectivity index (χ2n) is 10.4. The van der Waals surface area contributed by atoms with E-state index in [0.717, 1.165) is 57.3 Å². The Hall–Kier alpha value is -3.69. The molecule has 0 aliphatic carbocycles. The van der Waals surface area contributed by atoms with E-state index in [1.54, 1.807) is 0 Å². The number of benzene rings is 4. The van der Waals surface area contributed by atoms with Gasteiger partial charge in [0, 0.05) is 25.7 Å². The van der Waals surface area contributed by atoms with Gasteiger partial charge in [-0.05, 0) is 54.4 Å². The van der Waals surface area contributed by atoms with E-state index >= 15 is 0 Å². The summed E-state index contributed by atoms with van der Waals surface area (Å²) in [6, 6.07) is 42.2. The standard InChI is InChI=1S/C35H38N2O/c38-35-34(32-20-11-4-12-21-32)36(28-31-18-9-3-10-19-31)26-13-27-37(35)33(24-22-29-14-5-1-6-15-29)25-23-30-16-7-2-8-17-30/h1-12,14-21,33-34H,13,22-28H2. The Morgan fingerprint density at radius 2 is 1.08 bits per heavy atom. The van der Waals surface area contributed by atoms with Gasteiger partial charge in [0.05, 0.1) is 0 Å². The molecule has 0 radical (unpaired) electrons. The highest BCUT2D eigenvalue weighted by molar-refractivity contribution is 5.84. The lowest BCUT2D eigenvalue weighted by Crippen LogP contribution is -2.45. The van der Waals surface area contributed by atoms with Crippen molar-refractivity contribution in [3.8, 4) is 0 Å². The maximum absolute atomic E-state index is 14.5. The van der Waals surface area contributed by atoms with E-state index in [-0.39, 0.29) is 18.0 Å². The summed E-state index contributed by atoms with van der Waals surface area (Å²) in [7, 11) is 0. The molecule has 0 N–H and O–H groups in total. The SMILES string of the molecule is O=C1C(c2ccccc2)N(Cc2ccccc2)CCCN1C(CCc1ccccc1)CCc1ccccc1. The Morgan fingerprint density at radius 3 is 1.61 bits per heavy atom. The summed E-state index contributed by atoms with van der Waals surface area (Å²) in [6.07, 6.45) is 4.89. The van der Waals surface area contributed by atoms with Crippen LogP contribution >= 0.6 is 0 Å². The summed E-state index contributed by atoms with van der Waals surface area (Å²) < 4.78 is 0. The van der Waals surface area contributed by atoms with Gasteiger partial charge in [-0.3, -0.25) is 9.69 Å². The average Bonchev–Trinajstić information content (AvgIpc) is 3.13. The predicted molar refractivity (Wildman–Crippen MR) is 156 cm³/mol. The summed E-state index contributed by atoms with van der Waals surface area (Å²) >= 11 is 0. The van der Waals surface area contributed by atoms with Gasteiger partial charge in [-0.15, -0.1) is 0 Å². The van der Waals surface area contributed by atoms with Gasteiger partial charge >= 0.3 is 0 Å². The molecule has 0 aromatic heterocycles. The lowest BCUT2D eigenvalue weighted by molar-refractivity contribution is -0.138. The molecule has 1 saturated heterocycles. The molecular formula is C35H38N2O. The minimum Gasteiger partial charge on any atom is -0.338 e. The summed E-state index contributed by atoms with van der Waals surface area (Å²) in [5.74, 6) is 0.246. The molecule has 1 aliphatic rings. The van der Waals surface area contributed by atoms with E-state index in [9.17, 15) is 4.79 Å². The number of carbonyl (C=O) groups excluding carboxylic acids is 1. The maximum atomic E-state index is 14.5. The van der Waals surface area contributed by atoms with Crippen molar-refractivity contribution >= 4 is 5.91 Å². The van der Waals surface area contributed by atoms with Gasteiger partial charge in [0.15, 0.2) is 0 Å². The molecule has 4 aromatic carbocycles. The van der Waals surface area contributed by atoms with Crippen LogP contribution in [0.4, 0.5) is 0 Å². The predicted octanol–water partition coefficient (Wildman–Crippen LogP) is 7.10. The molecule has 5 rings (SSSR count). The first-order chi connectivity index (χ1) is 18.8. The Balaban J connectivity index is 1.42. The molecule has 0 bridgehead atoms. The quantitative estimate of drug-likeness (QED) is 0.231. The zero-order chi connectivity index (χ0) is 26.0. The lowest BCUT2D eigenvalue weighted by atomic mass is 9.96. The molecule has 1 unspecified atom stereocenters. The van der Waals surface area contributed by atoms with Crippen molar-refractivity contribution in [3.05, 3.63) is 144 Å². The van der Waals surface area contributed by atoms with E-state index in [2.05, 4.69) is 125 Å². The van der Waals surface area contributed by atoms with Crippen molar-refractivity contribution in [2.45, 2.75) is 50.7 Å². The second kappa shape index (κ2) is 13.2. The van der Waals surface area contributed by atoms with Crippen LogP contribution in [0.5, 0.6) is 0 Å². The van der Waals surface area contributed by atoms with Crippen molar-refractivity contribution in [2.75, 3.05) is 13.1 Å². The largest absolute Gasteiger partial charge is 0.338 e.